The Morgan fingerprint density at radius 2 is 1.96 bits per heavy atom. The Labute approximate surface area is 133 Å². The van der Waals surface area contributed by atoms with E-state index in [4.69, 9.17) is 10.2 Å². The van der Waals surface area contributed by atoms with Crippen LogP contribution in [0.25, 0.3) is 17.0 Å². The Bertz CT molecular complexity index is 840. The number of carbonyl (C=O) groups is 2. The van der Waals surface area contributed by atoms with Crippen LogP contribution < -0.4 is 0 Å². The molecule has 0 saturated heterocycles. The van der Waals surface area contributed by atoms with E-state index in [0.717, 1.165) is 22.0 Å². The molecule has 2 N–H and O–H groups in total. The number of hydrogen-bond donors (Lipinski definition) is 2. The van der Waals surface area contributed by atoms with E-state index in [2.05, 4.69) is 6.58 Å². The summed E-state index contributed by atoms with van der Waals surface area (Å²) in [6.07, 6.45) is 5.41. The molecule has 0 unspecified atom stereocenters. The molecule has 118 valence electrons. The summed E-state index contributed by atoms with van der Waals surface area (Å²) in [5, 5.41) is 18.6. The zero-order chi connectivity index (χ0) is 17.0. The second-order valence-electron chi connectivity index (χ2n) is 5.26. The number of aliphatic hydroxyl groups excluding tert-OH is 1. The standard InChI is InChI=1S/C18H17NO4/c1-12(2)10-19-11-13(15-5-3-4-6-16(15)19)7-8-14(20)9-17(21)18(22)23/h3-9,11,21H,1,10H2,2H3,(H,22,23)/b8-7+,17-9-. The third-order valence-corrected chi connectivity index (χ3v) is 3.18. The van der Waals surface area contributed by atoms with Crippen LogP contribution >= 0.6 is 0 Å². The molecule has 0 atom stereocenters. The third kappa shape index (κ3) is 3.97. The van der Waals surface area contributed by atoms with Crippen molar-refractivity contribution in [2.45, 2.75) is 13.5 Å². The zero-order valence-corrected chi connectivity index (χ0v) is 12.7. The fraction of sp³-hybridized carbons (Fsp3) is 0.111. The van der Waals surface area contributed by atoms with Gasteiger partial charge in [-0.3, -0.25) is 4.79 Å². The van der Waals surface area contributed by atoms with Crippen molar-refractivity contribution in [3.05, 3.63) is 66.1 Å². The molecule has 0 amide bonds. The molecule has 0 spiro atoms. The maximum Gasteiger partial charge on any atom is 0.371 e. The van der Waals surface area contributed by atoms with Gasteiger partial charge in [-0.25, -0.2) is 4.79 Å². The van der Waals surface area contributed by atoms with Crippen LogP contribution in [-0.2, 0) is 16.1 Å². The quantitative estimate of drug-likeness (QED) is 0.487. The number of benzene rings is 1. The summed E-state index contributed by atoms with van der Waals surface area (Å²) in [4.78, 5) is 22.1. The highest BCUT2D eigenvalue weighted by Crippen LogP contribution is 2.23. The Balaban J connectivity index is 2.35. The van der Waals surface area contributed by atoms with Gasteiger partial charge >= 0.3 is 5.97 Å². The first kappa shape index (κ1) is 16.3. The molecule has 2 rings (SSSR count). The second kappa shape index (κ2) is 6.79. The Kier molecular flexibility index (Phi) is 4.81. The molecule has 5 nitrogen and oxygen atoms in total. The van der Waals surface area contributed by atoms with Crippen LogP contribution in [0.2, 0.25) is 0 Å². The predicted molar refractivity (Wildman–Crippen MR) is 89.1 cm³/mol. The Morgan fingerprint density at radius 3 is 2.61 bits per heavy atom. The van der Waals surface area contributed by atoms with Crippen LogP contribution in [0.1, 0.15) is 12.5 Å². The number of carboxylic acids is 1. The van der Waals surface area contributed by atoms with E-state index in [1.54, 1.807) is 6.08 Å². The number of hydrogen-bond acceptors (Lipinski definition) is 3. The summed E-state index contributed by atoms with van der Waals surface area (Å²) in [6, 6.07) is 7.76. The monoisotopic (exact) mass is 311 g/mol. The molecule has 23 heavy (non-hydrogen) atoms. The smallest absolute Gasteiger partial charge is 0.371 e. The summed E-state index contributed by atoms with van der Waals surface area (Å²) in [5.74, 6) is -3.11. The molecular weight excluding hydrogens is 294 g/mol. The molecule has 0 bridgehead atoms. The SMILES string of the molecule is C=C(C)Cn1cc(/C=C/C(=O)/C=C(\O)C(=O)O)c2ccccc21. The van der Waals surface area contributed by atoms with E-state index in [9.17, 15) is 9.59 Å². The average Bonchev–Trinajstić information content (AvgIpc) is 2.82. The Hall–Kier alpha value is -3.08. The number of rotatable bonds is 6. The molecule has 0 fully saturated rings. The highest BCUT2D eigenvalue weighted by Gasteiger charge is 2.08. The fourth-order valence-electron chi connectivity index (χ4n) is 2.25. The van der Waals surface area contributed by atoms with Gasteiger partial charge in [-0.05, 0) is 25.1 Å². The summed E-state index contributed by atoms with van der Waals surface area (Å²) in [6.45, 7) is 6.51. The normalized spacial score (nSPS) is 12.0. The van der Waals surface area contributed by atoms with Crippen LogP contribution in [0.5, 0.6) is 0 Å². The second-order valence-corrected chi connectivity index (χ2v) is 5.26. The maximum atomic E-state index is 11.6. The summed E-state index contributed by atoms with van der Waals surface area (Å²) >= 11 is 0. The lowest BCUT2D eigenvalue weighted by molar-refractivity contribution is -0.135. The van der Waals surface area contributed by atoms with Crippen LogP contribution in [0.15, 0.2) is 60.5 Å². The van der Waals surface area contributed by atoms with Crippen molar-refractivity contribution in [3.63, 3.8) is 0 Å². The summed E-state index contributed by atoms with van der Waals surface area (Å²) in [5.41, 5.74) is 2.86. The molecule has 1 heterocycles. The van der Waals surface area contributed by atoms with Gasteiger partial charge in [0, 0.05) is 35.3 Å². The molecule has 5 heteroatoms. The van der Waals surface area contributed by atoms with Crippen LogP contribution in [0.4, 0.5) is 0 Å². The topological polar surface area (TPSA) is 79.5 Å². The number of aromatic nitrogens is 1. The molecule has 0 saturated carbocycles. The Morgan fingerprint density at radius 1 is 1.26 bits per heavy atom. The maximum absolute atomic E-state index is 11.6. The highest BCUT2D eigenvalue weighted by atomic mass is 16.4. The minimum atomic E-state index is -1.54. The largest absolute Gasteiger partial charge is 0.502 e. The van der Waals surface area contributed by atoms with E-state index >= 15 is 0 Å². The van der Waals surface area contributed by atoms with E-state index < -0.39 is 17.5 Å². The molecule has 0 radical (unpaired) electrons. The first-order valence-corrected chi connectivity index (χ1v) is 6.96. The van der Waals surface area contributed by atoms with Gasteiger partial charge in [-0.15, -0.1) is 0 Å². The number of carbonyl (C=O) groups excluding carboxylic acids is 1. The van der Waals surface area contributed by atoms with Crippen molar-refractivity contribution in [2.24, 2.45) is 0 Å². The van der Waals surface area contributed by atoms with Gasteiger partial charge < -0.3 is 14.8 Å². The number of fused-ring (bicyclic) bond motifs is 1. The lowest BCUT2D eigenvalue weighted by atomic mass is 10.1. The average molecular weight is 311 g/mol. The van der Waals surface area contributed by atoms with Gasteiger partial charge in [0.1, 0.15) is 0 Å². The number of carboxylic acid groups (broad SMARTS) is 1. The van der Waals surface area contributed by atoms with Crippen molar-refractivity contribution in [3.8, 4) is 0 Å². The number of ketones is 1. The van der Waals surface area contributed by atoms with Gasteiger partial charge in [0.15, 0.2) is 5.78 Å². The van der Waals surface area contributed by atoms with E-state index in [0.29, 0.717) is 12.6 Å². The third-order valence-electron chi connectivity index (χ3n) is 3.18. The van der Waals surface area contributed by atoms with Gasteiger partial charge in [0.05, 0.1) is 0 Å². The molecule has 0 aliphatic carbocycles. The number of para-hydroxylation sites is 1. The zero-order valence-electron chi connectivity index (χ0n) is 12.7. The van der Waals surface area contributed by atoms with E-state index in [1.165, 1.54) is 6.08 Å². The van der Waals surface area contributed by atoms with Crippen molar-refractivity contribution < 1.29 is 19.8 Å². The van der Waals surface area contributed by atoms with E-state index in [-0.39, 0.29) is 0 Å². The lowest BCUT2D eigenvalue weighted by Gasteiger charge is -2.03. The minimum Gasteiger partial charge on any atom is -0.502 e. The number of aliphatic hydroxyl groups is 1. The van der Waals surface area contributed by atoms with Gasteiger partial charge in [-0.1, -0.05) is 30.4 Å². The summed E-state index contributed by atoms with van der Waals surface area (Å²) < 4.78 is 2.03. The number of nitrogens with zero attached hydrogens (tertiary/aromatic N) is 1. The van der Waals surface area contributed by atoms with Crippen molar-refractivity contribution in [2.75, 3.05) is 0 Å². The van der Waals surface area contributed by atoms with Crippen molar-refractivity contribution in [1.29, 1.82) is 0 Å². The first-order valence-electron chi connectivity index (χ1n) is 6.96. The molecule has 2 aromatic rings. The van der Waals surface area contributed by atoms with Gasteiger partial charge in [0.25, 0.3) is 0 Å². The van der Waals surface area contributed by atoms with Gasteiger partial charge in [0.2, 0.25) is 5.76 Å². The van der Waals surface area contributed by atoms with Crippen molar-refractivity contribution in [1.82, 2.24) is 4.57 Å². The molecule has 1 aromatic heterocycles. The fourth-order valence-corrected chi connectivity index (χ4v) is 2.25. The molecule has 1 aromatic carbocycles. The molecule has 0 aliphatic heterocycles. The molecule has 0 aliphatic rings. The lowest BCUT2D eigenvalue weighted by Crippen LogP contribution is -2.01. The van der Waals surface area contributed by atoms with Crippen LogP contribution in [0.3, 0.4) is 0 Å². The molecular formula is C18H17NO4. The predicted octanol–water partition coefficient (Wildman–Crippen LogP) is 3.33. The van der Waals surface area contributed by atoms with Crippen LogP contribution in [-0.4, -0.2) is 26.5 Å². The highest BCUT2D eigenvalue weighted by molar-refractivity contribution is 6.06. The van der Waals surface area contributed by atoms with Crippen molar-refractivity contribution >= 4 is 28.7 Å². The van der Waals surface area contributed by atoms with E-state index in [1.807, 2.05) is 42.0 Å². The first-order chi connectivity index (χ1) is 10.9. The number of aliphatic carboxylic acids is 1. The summed E-state index contributed by atoms with van der Waals surface area (Å²) in [7, 11) is 0. The minimum absolute atomic E-state index is 0.596. The van der Waals surface area contributed by atoms with Crippen LogP contribution in [0, 0.1) is 0 Å². The van der Waals surface area contributed by atoms with Gasteiger partial charge in [-0.2, -0.15) is 0 Å². The number of allylic oxidation sites excluding steroid dienone is 3.